The van der Waals surface area contributed by atoms with Crippen LogP contribution in [-0.4, -0.2) is 26.8 Å². The Labute approximate surface area is 163 Å². The van der Waals surface area contributed by atoms with Gasteiger partial charge >= 0.3 is 0 Å². The predicted octanol–water partition coefficient (Wildman–Crippen LogP) is 2.70. The maximum absolute atomic E-state index is 12.5. The lowest BCUT2D eigenvalue weighted by molar-refractivity contribution is 0.600. The van der Waals surface area contributed by atoms with Crippen molar-refractivity contribution < 1.29 is 16.8 Å². The van der Waals surface area contributed by atoms with Gasteiger partial charge in [0.05, 0.1) is 9.79 Å². The van der Waals surface area contributed by atoms with Gasteiger partial charge in [0.2, 0.25) is 0 Å². The topological polar surface area (TPSA) is 118 Å². The van der Waals surface area contributed by atoms with Gasteiger partial charge in [-0.3, -0.25) is 9.44 Å². The first kappa shape index (κ1) is 19.8. The van der Waals surface area contributed by atoms with Gasteiger partial charge < -0.3 is 0 Å². The SMILES string of the molecule is Cc1cc(NS(=O)(=O)c2ccc(NS(=O)(=O)c3ccccc3)cc2)nc(C)n1. The molecule has 3 rings (SSSR count). The van der Waals surface area contributed by atoms with E-state index in [9.17, 15) is 16.8 Å². The normalized spacial score (nSPS) is 11.8. The molecule has 28 heavy (non-hydrogen) atoms. The maximum atomic E-state index is 12.5. The number of aromatic nitrogens is 2. The minimum Gasteiger partial charge on any atom is -0.280 e. The predicted molar refractivity (Wildman–Crippen MR) is 106 cm³/mol. The van der Waals surface area contributed by atoms with Gasteiger partial charge in [-0.05, 0) is 50.2 Å². The summed E-state index contributed by atoms with van der Waals surface area (Å²) < 4.78 is 54.5. The summed E-state index contributed by atoms with van der Waals surface area (Å²) in [5, 5.41) is 0. The average molecular weight is 419 g/mol. The molecule has 0 saturated heterocycles. The third-order valence-corrected chi connectivity index (χ3v) is 6.44. The molecule has 0 aliphatic carbocycles. The number of anilines is 2. The molecule has 10 heteroatoms. The number of hydrogen-bond acceptors (Lipinski definition) is 6. The highest BCUT2D eigenvalue weighted by Crippen LogP contribution is 2.20. The van der Waals surface area contributed by atoms with E-state index in [0.717, 1.165) is 0 Å². The van der Waals surface area contributed by atoms with Crippen LogP contribution in [0.15, 0.2) is 70.5 Å². The van der Waals surface area contributed by atoms with Gasteiger partial charge in [-0.2, -0.15) is 0 Å². The summed E-state index contributed by atoms with van der Waals surface area (Å²) >= 11 is 0. The van der Waals surface area contributed by atoms with E-state index in [1.165, 1.54) is 42.5 Å². The molecule has 0 bridgehead atoms. The van der Waals surface area contributed by atoms with Gasteiger partial charge in [0.25, 0.3) is 20.0 Å². The van der Waals surface area contributed by atoms with Crippen LogP contribution < -0.4 is 9.44 Å². The van der Waals surface area contributed by atoms with Crippen molar-refractivity contribution in [2.45, 2.75) is 23.6 Å². The number of rotatable bonds is 6. The highest BCUT2D eigenvalue weighted by atomic mass is 32.2. The van der Waals surface area contributed by atoms with E-state index in [2.05, 4.69) is 19.4 Å². The van der Waals surface area contributed by atoms with Crippen LogP contribution in [0.5, 0.6) is 0 Å². The molecule has 0 aliphatic rings. The van der Waals surface area contributed by atoms with Crippen LogP contribution in [0.1, 0.15) is 11.5 Å². The molecule has 1 aromatic heterocycles. The number of hydrogen-bond donors (Lipinski definition) is 2. The quantitative estimate of drug-likeness (QED) is 0.635. The zero-order valence-electron chi connectivity index (χ0n) is 15.1. The molecule has 0 radical (unpaired) electrons. The van der Waals surface area contributed by atoms with Gasteiger partial charge in [0, 0.05) is 17.4 Å². The molecule has 0 spiro atoms. The number of sulfonamides is 2. The standard InChI is InChI=1S/C18H18N4O4S2/c1-13-12-18(20-14(2)19-13)22-28(25,26)17-10-8-15(9-11-17)21-27(23,24)16-6-4-3-5-7-16/h3-12,21H,1-2H3,(H,19,20,22). The number of benzene rings is 2. The van der Waals surface area contributed by atoms with Crippen molar-refractivity contribution in [3.63, 3.8) is 0 Å². The van der Waals surface area contributed by atoms with Gasteiger partial charge in [-0.15, -0.1) is 0 Å². The second-order valence-corrected chi connectivity index (χ2v) is 9.36. The van der Waals surface area contributed by atoms with Crippen molar-refractivity contribution in [3.05, 3.63) is 72.2 Å². The second-order valence-electron chi connectivity index (χ2n) is 5.99. The summed E-state index contributed by atoms with van der Waals surface area (Å²) in [5.74, 6) is 0.613. The van der Waals surface area contributed by atoms with Crippen molar-refractivity contribution in [1.82, 2.24) is 9.97 Å². The lowest BCUT2D eigenvalue weighted by atomic mass is 10.3. The molecule has 0 atom stereocenters. The van der Waals surface area contributed by atoms with Gasteiger partial charge in [0.15, 0.2) is 0 Å². The highest BCUT2D eigenvalue weighted by molar-refractivity contribution is 7.93. The Morgan fingerprint density at radius 2 is 1.29 bits per heavy atom. The van der Waals surface area contributed by atoms with E-state index >= 15 is 0 Å². The molecule has 0 amide bonds. The Hall–Kier alpha value is -2.98. The maximum Gasteiger partial charge on any atom is 0.263 e. The van der Waals surface area contributed by atoms with Crippen molar-refractivity contribution in [1.29, 1.82) is 0 Å². The molecular formula is C18H18N4O4S2. The Bertz CT molecular complexity index is 1170. The van der Waals surface area contributed by atoms with Crippen LogP contribution >= 0.6 is 0 Å². The summed E-state index contributed by atoms with van der Waals surface area (Å²) in [6.07, 6.45) is 0. The van der Waals surface area contributed by atoms with Crippen LogP contribution in [0.25, 0.3) is 0 Å². The molecule has 1 heterocycles. The highest BCUT2D eigenvalue weighted by Gasteiger charge is 2.17. The fourth-order valence-electron chi connectivity index (χ4n) is 2.48. The van der Waals surface area contributed by atoms with Crippen molar-refractivity contribution >= 4 is 31.6 Å². The first-order chi connectivity index (χ1) is 13.2. The molecule has 0 saturated carbocycles. The molecule has 2 N–H and O–H groups in total. The Kier molecular flexibility index (Phi) is 5.34. The molecule has 0 fully saturated rings. The molecule has 2 aromatic carbocycles. The first-order valence-electron chi connectivity index (χ1n) is 8.19. The van der Waals surface area contributed by atoms with E-state index < -0.39 is 20.0 Å². The second kappa shape index (κ2) is 7.56. The zero-order valence-corrected chi connectivity index (χ0v) is 16.8. The Morgan fingerprint density at radius 1 is 0.714 bits per heavy atom. The molecule has 0 aliphatic heterocycles. The summed E-state index contributed by atoms with van der Waals surface area (Å²) in [5.41, 5.74) is 0.882. The van der Waals surface area contributed by atoms with Crippen LogP contribution in [0, 0.1) is 13.8 Å². The average Bonchev–Trinajstić information content (AvgIpc) is 2.61. The van der Waals surface area contributed by atoms with Gasteiger partial charge in [-0.1, -0.05) is 18.2 Å². The third-order valence-electron chi connectivity index (χ3n) is 3.68. The first-order valence-corrected chi connectivity index (χ1v) is 11.2. The molecule has 146 valence electrons. The summed E-state index contributed by atoms with van der Waals surface area (Å²) in [6, 6.07) is 14.8. The monoisotopic (exact) mass is 418 g/mol. The number of aryl methyl sites for hydroxylation is 2. The third kappa shape index (κ3) is 4.65. The Balaban J connectivity index is 1.80. The van der Waals surface area contributed by atoms with Crippen molar-refractivity contribution in [2.24, 2.45) is 0 Å². The van der Waals surface area contributed by atoms with Crippen LogP contribution in [0.3, 0.4) is 0 Å². The molecule has 3 aromatic rings. The molecule has 8 nitrogen and oxygen atoms in total. The van der Waals surface area contributed by atoms with E-state index in [1.807, 2.05) is 0 Å². The van der Waals surface area contributed by atoms with Crippen LogP contribution in [0.2, 0.25) is 0 Å². The van der Waals surface area contributed by atoms with Crippen LogP contribution in [0.4, 0.5) is 11.5 Å². The van der Waals surface area contributed by atoms with Crippen molar-refractivity contribution in [3.8, 4) is 0 Å². The summed E-state index contributed by atoms with van der Waals surface area (Å²) in [7, 11) is -7.63. The summed E-state index contributed by atoms with van der Waals surface area (Å²) in [6.45, 7) is 3.40. The minimum absolute atomic E-state index is 0.0240. The molecular weight excluding hydrogens is 400 g/mol. The van der Waals surface area contributed by atoms with E-state index in [-0.39, 0.29) is 21.3 Å². The lowest BCUT2D eigenvalue weighted by Crippen LogP contribution is -2.15. The Morgan fingerprint density at radius 3 is 1.89 bits per heavy atom. The number of nitrogens with one attached hydrogen (secondary N) is 2. The summed E-state index contributed by atoms with van der Waals surface area (Å²) in [4.78, 5) is 8.24. The zero-order chi connectivity index (χ0) is 20.4. The number of nitrogens with zero attached hydrogens (tertiary/aromatic N) is 2. The van der Waals surface area contributed by atoms with Gasteiger partial charge in [-0.25, -0.2) is 26.8 Å². The fourth-order valence-corrected chi connectivity index (χ4v) is 4.55. The van der Waals surface area contributed by atoms with Crippen molar-refractivity contribution in [2.75, 3.05) is 9.44 Å². The molecule has 0 unspecified atom stereocenters. The van der Waals surface area contributed by atoms with Gasteiger partial charge in [0.1, 0.15) is 11.6 Å². The van der Waals surface area contributed by atoms with E-state index in [4.69, 9.17) is 0 Å². The fraction of sp³-hybridized carbons (Fsp3) is 0.111. The minimum atomic E-state index is -3.88. The van der Waals surface area contributed by atoms with E-state index in [0.29, 0.717) is 11.5 Å². The lowest BCUT2D eigenvalue weighted by Gasteiger charge is -2.10. The van der Waals surface area contributed by atoms with E-state index in [1.54, 1.807) is 32.0 Å². The van der Waals surface area contributed by atoms with Crippen LogP contribution in [-0.2, 0) is 20.0 Å². The smallest absolute Gasteiger partial charge is 0.263 e. The largest absolute Gasteiger partial charge is 0.280 e.